The zero-order valence-corrected chi connectivity index (χ0v) is 41.4. The number of carbonyl (C=O) groups excluding carboxylic acids is 3. The molecule has 4 aromatic heterocycles. The SMILES string of the molecule is CCc1c(-c2ccc(-n3c(OC)nn(C)c3=O)cc2-c2ccc(N3CCN(C4CCN(c5cccc6c(C7CCC(=O)NC7=O)nn(C)c56)CC4)C[C@H]3C)cc2)ccnc1N1CCN(c2cccnc2)C1=O. The number of aryl methyl sites for hydroxylation is 2. The first-order chi connectivity index (χ1) is 35.0. The average Bonchev–Trinajstić information content (AvgIpc) is 4.06. The number of benzene rings is 3. The molecule has 0 bridgehead atoms. The fourth-order valence-corrected chi connectivity index (χ4v) is 11.6. The topological polar surface area (TPSA) is 172 Å². The first-order valence-electron chi connectivity index (χ1n) is 25.0. The molecule has 11 rings (SSSR count). The van der Waals surface area contributed by atoms with E-state index in [1.54, 1.807) is 35.4 Å². The molecule has 4 fully saturated rings. The summed E-state index contributed by atoms with van der Waals surface area (Å²) >= 11 is 0. The number of piperazine rings is 1. The van der Waals surface area contributed by atoms with Crippen LogP contribution in [-0.4, -0.2) is 122 Å². The summed E-state index contributed by atoms with van der Waals surface area (Å²) in [5.41, 5.74) is 9.82. The van der Waals surface area contributed by atoms with E-state index in [0.29, 0.717) is 49.9 Å². The summed E-state index contributed by atoms with van der Waals surface area (Å²) in [6, 6.07) is 27.5. The van der Waals surface area contributed by atoms with Crippen molar-refractivity contribution in [3.05, 3.63) is 119 Å². The molecule has 0 spiro atoms. The number of anilines is 4. The minimum atomic E-state index is -0.436. The third kappa shape index (κ3) is 8.22. The van der Waals surface area contributed by atoms with Crippen molar-refractivity contribution in [3.63, 3.8) is 0 Å². The molecular formula is C54H59N13O5. The number of pyridine rings is 2. The van der Waals surface area contributed by atoms with Gasteiger partial charge in [0.05, 0.1) is 47.5 Å². The van der Waals surface area contributed by atoms with Gasteiger partial charge in [-0.1, -0.05) is 37.3 Å². The fourth-order valence-electron chi connectivity index (χ4n) is 11.6. The minimum absolute atomic E-state index is 0.142. The van der Waals surface area contributed by atoms with Crippen molar-refractivity contribution in [3.8, 4) is 34.0 Å². The number of hydrogen-bond donors (Lipinski definition) is 1. The summed E-state index contributed by atoms with van der Waals surface area (Å²) in [6.45, 7) is 10.1. The summed E-state index contributed by atoms with van der Waals surface area (Å²) < 4.78 is 10.2. The van der Waals surface area contributed by atoms with Crippen LogP contribution in [0.5, 0.6) is 6.01 Å². The number of methoxy groups -OCH3 is 1. The average molecular weight is 970 g/mol. The number of rotatable bonds is 11. The number of hydrogen-bond acceptors (Lipinski definition) is 12. The molecule has 4 aliphatic heterocycles. The highest BCUT2D eigenvalue weighted by Gasteiger charge is 2.36. The number of amides is 4. The van der Waals surface area contributed by atoms with Gasteiger partial charge in [-0.2, -0.15) is 5.10 Å². The van der Waals surface area contributed by atoms with Gasteiger partial charge in [-0.15, -0.1) is 5.10 Å². The van der Waals surface area contributed by atoms with Crippen molar-refractivity contribution in [1.82, 2.24) is 44.3 Å². The predicted octanol–water partition coefficient (Wildman–Crippen LogP) is 6.30. The van der Waals surface area contributed by atoms with Crippen molar-refractivity contribution < 1.29 is 19.1 Å². The van der Waals surface area contributed by atoms with Crippen LogP contribution in [0.25, 0.3) is 38.8 Å². The Bertz CT molecular complexity index is 3270. The van der Waals surface area contributed by atoms with Crippen molar-refractivity contribution >= 4 is 51.6 Å². The van der Waals surface area contributed by atoms with Gasteiger partial charge in [0.1, 0.15) is 5.82 Å². The molecular weight excluding hydrogens is 911 g/mol. The Kier molecular flexibility index (Phi) is 12.3. The van der Waals surface area contributed by atoms with Gasteiger partial charge in [0.2, 0.25) is 11.8 Å². The maximum Gasteiger partial charge on any atom is 0.353 e. The molecule has 0 saturated carbocycles. The molecule has 8 heterocycles. The van der Waals surface area contributed by atoms with Gasteiger partial charge in [-0.3, -0.25) is 39.3 Å². The van der Waals surface area contributed by atoms with E-state index in [2.05, 4.69) is 80.3 Å². The standard InChI is InChI=1S/C54H59N13O5/c1-6-40-42(20-24-56-50(40)66-30-29-65(54(66)71)39-9-8-23-55-32-39)41-17-16-38(67-52(72-5)59-61(4)53(67)70)31-45(41)35-12-14-37(15-13-35)64-28-27-63(33-34(64)2)36-21-25-62(26-22-36)46-11-7-10-43-48(58-60(3)49(43)46)44-18-19-47(68)57-51(44)69/h7-17,20,23-24,31-32,34,36,44H,6,18-19,21-22,25-30,33H2,1-5H3,(H,57,68,69)/t34-,44?/m1/s1. The number of piperidine rings is 2. The number of para-hydroxylation sites is 1. The highest BCUT2D eigenvalue weighted by molar-refractivity contribution is 6.07. The van der Waals surface area contributed by atoms with Crippen molar-refractivity contribution in [2.24, 2.45) is 14.1 Å². The van der Waals surface area contributed by atoms with E-state index in [9.17, 15) is 19.2 Å². The first-order valence-corrected chi connectivity index (χ1v) is 25.0. The van der Waals surface area contributed by atoms with Crippen LogP contribution in [0.1, 0.15) is 56.7 Å². The molecule has 18 heteroatoms. The quantitative estimate of drug-likeness (QED) is 0.144. The van der Waals surface area contributed by atoms with E-state index in [4.69, 9.17) is 14.8 Å². The van der Waals surface area contributed by atoms with Crippen molar-refractivity contribution in [2.75, 3.05) is 72.5 Å². The molecule has 18 nitrogen and oxygen atoms in total. The minimum Gasteiger partial charge on any atom is -0.467 e. The maximum absolute atomic E-state index is 14.0. The molecule has 4 aliphatic rings. The third-order valence-corrected chi connectivity index (χ3v) is 15.2. The van der Waals surface area contributed by atoms with Gasteiger partial charge in [0.25, 0.3) is 0 Å². The predicted molar refractivity (Wildman–Crippen MR) is 277 cm³/mol. The fraction of sp³-hybridized carbons (Fsp3) is 0.370. The van der Waals surface area contributed by atoms with E-state index in [1.807, 2.05) is 54.2 Å². The monoisotopic (exact) mass is 969 g/mol. The van der Waals surface area contributed by atoms with E-state index in [0.717, 1.165) is 107 Å². The molecule has 1 N–H and O–H groups in total. The Morgan fingerprint density at radius 1 is 0.750 bits per heavy atom. The van der Waals surface area contributed by atoms with Crippen LogP contribution < -0.4 is 35.3 Å². The Balaban J connectivity index is 0.824. The maximum atomic E-state index is 14.0. The van der Waals surface area contributed by atoms with E-state index >= 15 is 0 Å². The van der Waals surface area contributed by atoms with Crippen LogP contribution in [0.4, 0.5) is 27.7 Å². The molecule has 72 heavy (non-hydrogen) atoms. The van der Waals surface area contributed by atoms with Gasteiger partial charge in [-0.05, 0) is 103 Å². The number of imide groups is 1. The smallest absolute Gasteiger partial charge is 0.353 e. The molecule has 0 radical (unpaired) electrons. The summed E-state index contributed by atoms with van der Waals surface area (Å²) in [4.78, 5) is 72.3. The summed E-state index contributed by atoms with van der Waals surface area (Å²) in [5, 5.41) is 12.6. The van der Waals surface area contributed by atoms with Crippen LogP contribution in [-0.2, 0) is 30.1 Å². The summed E-state index contributed by atoms with van der Waals surface area (Å²) in [7, 11) is 5.06. The van der Waals surface area contributed by atoms with Crippen LogP contribution >= 0.6 is 0 Å². The van der Waals surface area contributed by atoms with E-state index in [1.165, 1.54) is 16.4 Å². The summed E-state index contributed by atoms with van der Waals surface area (Å²) in [5.74, 6) is -0.295. The zero-order chi connectivity index (χ0) is 49.8. The van der Waals surface area contributed by atoms with Crippen LogP contribution in [0, 0.1) is 0 Å². The molecule has 4 saturated heterocycles. The molecule has 2 atom stereocenters. The lowest BCUT2D eigenvalue weighted by Crippen LogP contribution is -2.57. The van der Waals surface area contributed by atoms with Gasteiger partial charge in [-0.25, -0.2) is 23.8 Å². The highest BCUT2D eigenvalue weighted by Crippen LogP contribution is 2.41. The number of aromatic nitrogens is 7. The van der Waals surface area contributed by atoms with E-state index < -0.39 is 5.92 Å². The zero-order valence-electron chi connectivity index (χ0n) is 41.4. The van der Waals surface area contributed by atoms with Gasteiger partial charge >= 0.3 is 17.7 Å². The number of ether oxygens (including phenoxy) is 1. The summed E-state index contributed by atoms with van der Waals surface area (Å²) in [6.07, 6.45) is 8.69. The van der Waals surface area contributed by atoms with Gasteiger partial charge in [0.15, 0.2) is 0 Å². The van der Waals surface area contributed by atoms with Crippen LogP contribution in [0.15, 0.2) is 102 Å². The Hall–Kier alpha value is -7.86. The molecule has 3 aromatic carbocycles. The lowest BCUT2D eigenvalue weighted by atomic mass is 9.90. The van der Waals surface area contributed by atoms with Crippen LogP contribution in [0.3, 0.4) is 0 Å². The second kappa shape index (κ2) is 19.0. The Morgan fingerprint density at radius 3 is 2.28 bits per heavy atom. The molecule has 7 aromatic rings. The normalized spacial score (nSPS) is 19.2. The van der Waals surface area contributed by atoms with Crippen molar-refractivity contribution in [2.45, 2.75) is 64.0 Å². The second-order valence-corrected chi connectivity index (χ2v) is 19.3. The number of nitrogens with zero attached hydrogens (tertiary/aromatic N) is 12. The van der Waals surface area contributed by atoms with Gasteiger partial charge in [0, 0.05) is 107 Å². The lowest BCUT2D eigenvalue weighted by molar-refractivity contribution is -0.134. The van der Waals surface area contributed by atoms with Crippen molar-refractivity contribution in [1.29, 1.82) is 0 Å². The molecule has 370 valence electrons. The number of fused-ring (bicyclic) bond motifs is 1. The van der Waals surface area contributed by atoms with E-state index in [-0.39, 0.29) is 35.6 Å². The number of urea groups is 1. The lowest BCUT2D eigenvalue weighted by Gasteiger charge is -2.46. The molecule has 1 unspecified atom stereocenters. The van der Waals surface area contributed by atoms with Crippen LogP contribution in [0.2, 0.25) is 0 Å². The molecule has 4 amide bonds. The number of carbonyl (C=O) groups is 3. The second-order valence-electron chi connectivity index (χ2n) is 19.3. The first kappa shape index (κ1) is 46.5. The Morgan fingerprint density at radius 2 is 1.54 bits per heavy atom. The highest BCUT2D eigenvalue weighted by atomic mass is 16.5. The van der Waals surface area contributed by atoms with Gasteiger partial charge < -0.3 is 14.5 Å². The third-order valence-electron chi connectivity index (χ3n) is 15.2. The molecule has 0 aliphatic carbocycles. The Labute approximate surface area is 417 Å². The largest absolute Gasteiger partial charge is 0.467 e. The number of nitrogens with one attached hydrogen (secondary N) is 1.